The van der Waals surface area contributed by atoms with E-state index in [4.69, 9.17) is 0 Å². The molecule has 2 heteroatoms. The molecule has 0 bridgehead atoms. The first kappa shape index (κ1) is 52.4. The zero-order valence-electron chi connectivity index (χ0n) is 46.2. The molecule has 9 aromatic carbocycles. The average molecular weight is 1000 g/mol. The summed E-state index contributed by atoms with van der Waals surface area (Å²) in [5.41, 5.74) is 32.1. The molecule has 374 valence electrons. The first-order valence-corrected chi connectivity index (χ1v) is 29.9. The standard InChI is InChI=1S/C72H75ClSi/c1-46-19-13-20-47(2)67(46)40-58-31-59(41-68-48(3)21-14-22-49(68)4)35-64(34-58)74(73,65-36-60(42-69-50(5)23-15-24-51(69)6)32-61(37-65)43-70-52(7)25-16-26-53(70)8)66-38-62(44-71-54(9)27-17-28-55(71)10)33-63(39-66)45-72-56(11)29-18-30-57(72)12/h13-39H,40-45H2,1-12H3. The summed E-state index contributed by atoms with van der Waals surface area (Å²) in [6.45, 7) is 27.2. The van der Waals surface area contributed by atoms with Gasteiger partial charge in [0.05, 0.1) is 0 Å². The van der Waals surface area contributed by atoms with Crippen LogP contribution in [0, 0.1) is 83.1 Å². The third kappa shape index (κ3) is 11.3. The lowest BCUT2D eigenvalue weighted by Gasteiger charge is -2.30. The van der Waals surface area contributed by atoms with Crippen LogP contribution in [0.15, 0.2) is 164 Å². The van der Waals surface area contributed by atoms with Crippen LogP contribution in [0.4, 0.5) is 0 Å². The summed E-state index contributed by atoms with van der Waals surface area (Å²) >= 11 is 9.28. The summed E-state index contributed by atoms with van der Waals surface area (Å²) in [6, 6.07) is 62.9. The van der Waals surface area contributed by atoms with E-state index in [2.05, 4.69) is 247 Å². The molecule has 0 aliphatic rings. The van der Waals surface area contributed by atoms with E-state index < -0.39 is 7.38 Å². The maximum absolute atomic E-state index is 9.28. The Bertz CT molecular complexity index is 2840. The topological polar surface area (TPSA) is 0 Å². The van der Waals surface area contributed by atoms with E-state index in [1.807, 2.05) is 0 Å². The van der Waals surface area contributed by atoms with E-state index >= 15 is 0 Å². The quantitative estimate of drug-likeness (QED) is 0.0545. The molecule has 74 heavy (non-hydrogen) atoms. The van der Waals surface area contributed by atoms with Crippen molar-refractivity contribution >= 4 is 34.0 Å². The highest BCUT2D eigenvalue weighted by Gasteiger charge is 2.40. The zero-order chi connectivity index (χ0) is 52.4. The van der Waals surface area contributed by atoms with Crippen molar-refractivity contribution in [2.24, 2.45) is 0 Å². The van der Waals surface area contributed by atoms with Crippen molar-refractivity contribution in [1.82, 2.24) is 0 Å². The smallest absolute Gasteiger partial charge is 0.149 e. The number of hydrogen-bond donors (Lipinski definition) is 0. The predicted molar refractivity (Wildman–Crippen MR) is 322 cm³/mol. The molecule has 0 unspecified atom stereocenters. The number of rotatable bonds is 15. The molecular weight excluding hydrogens is 928 g/mol. The van der Waals surface area contributed by atoms with Crippen LogP contribution in [0.5, 0.6) is 0 Å². The van der Waals surface area contributed by atoms with Gasteiger partial charge in [-0.05, 0) is 271 Å². The molecular formula is C72H75ClSi. The van der Waals surface area contributed by atoms with Crippen LogP contribution >= 0.6 is 11.1 Å². The van der Waals surface area contributed by atoms with Gasteiger partial charge in [0, 0.05) is 0 Å². The van der Waals surface area contributed by atoms with Crippen LogP contribution in [0.25, 0.3) is 0 Å². The van der Waals surface area contributed by atoms with Gasteiger partial charge in [-0.1, -0.05) is 164 Å². The van der Waals surface area contributed by atoms with Gasteiger partial charge >= 0.3 is 0 Å². The molecule has 0 spiro atoms. The molecule has 0 nitrogen and oxygen atoms in total. The maximum atomic E-state index is 9.28. The first-order chi connectivity index (χ1) is 35.4. The fourth-order valence-electron chi connectivity index (χ4n) is 12.0. The van der Waals surface area contributed by atoms with Crippen LogP contribution in [-0.4, -0.2) is 7.38 Å². The van der Waals surface area contributed by atoms with Crippen LogP contribution in [0.2, 0.25) is 0 Å². The van der Waals surface area contributed by atoms with E-state index in [0.29, 0.717) is 0 Å². The van der Waals surface area contributed by atoms with E-state index in [1.54, 1.807) is 0 Å². The molecule has 0 aromatic heterocycles. The van der Waals surface area contributed by atoms with Gasteiger partial charge in [-0.15, -0.1) is 11.1 Å². The minimum Gasteiger partial charge on any atom is -0.149 e. The molecule has 0 N–H and O–H groups in total. The molecule has 9 rings (SSSR count). The lowest BCUT2D eigenvalue weighted by atomic mass is 9.92. The molecule has 0 aliphatic heterocycles. The van der Waals surface area contributed by atoms with Gasteiger partial charge in [0.25, 0.3) is 0 Å². The van der Waals surface area contributed by atoms with Crippen LogP contribution in [0.3, 0.4) is 0 Å². The summed E-state index contributed by atoms with van der Waals surface area (Å²) in [7, 11) is -3.46. The van der Waals surface area contributed by atoms with Gasteiger partial charge in [-0.2, -0.15) is 0 Å². The van der Waals surface area contributed by atoms with Crippen LogP contribution in [-0.2, 0) is 38.5 Å². The molecule has 0 fully saturated rings. The normalized spacial score (nSPS) is 11.6. The SMILES string of the molecule is Cc1cccc(C)c1Cc1cc(Cc2c(C)cccc2C)cc([Si](Cl)(c2cc(Cc3c(C)cccc3C)cc(Cc3c(C)cccc3C)c2)c2cc(Cc3c(C)cccc3C)cc(Cc3c(C)cccc3C)c2)c1. The second-order valence-corrected chi connectivity index (χ2v) is 26.8. The third-order valence-corrected chi connectivity index (χ3v) is 21.7. The van der Waals surface area contributed by atoms with Crippen molar-refractivity contribution in [2.45, 2.75) is 122 Å². The van der Waals surface area contributed by atoms with Gasteiger partial charge in [0.1, 0.15) is 0 Å². The van der Waals surface area contributed by atoms with Crippen molar-refractivity contribution in [2.75, 3.05) is 0 Å². The summed E-state index contributed by atoms with van der Waals surface area (Å²) in [5, 5.41) is 3.73. The number of halogens is 1. The first-order valence-electron chi connectivity index (χ1n) is 26.8. The van der Waals surface area contributed by atoms with Crippen LogP contribution < -0.4 is 15.6 Å². The Morgan fingerprint density at radius 1 is 0.230 bits per heavy atom. The lowest BCUT2D eigenvalue weighted by Crippen LogP contribution is -2.63. The fraction of sp³-hybridized carbons (Fsp3) is 0.250. The van der Waals surface area contributed by atoms with E-state index in [1.165, 1.54) is 149 Å². The highest BCUT2D eigenvalue weighted by molar-refractivity contribution is 7.40. The number of benzene rings is 9. The number of aryl methyl sites for hydroxylation is 12. The largest absolute Gasteiger partial charge is 0.247 e. The van der Waals surface area contributed by atoms with Gasteiger partial charge in [-0.25, -0.2) is 0 Å². The van der Waals surface area contributed by atoms with Gasteiger partial charge in [0.15, 0.2) is 0 Å². The second kappa shape index (κ2) is 22.1. The van der Waals surface area contributed by atoms with E-state index in [-0.39, 0.29) is 0 Å². The maximum Gasteiger partial charge on any atom is 0.247 e. The fourth-order valence-corrected chi connectivity index (χ4v) is 16.3. The van der Waals surface area contributed by atoms with Gasteiger partial charge in [0.2, 0.25) is 7.38 Å². The minimum atomic E-state index is -3.46. The predicted octanol–water partition coefficient (Wildman–Crippen LogP) is 16.1. The minimum absolute atomic E-state index is 0.836. The Kier molecular flexibility index (Phi) is 15.7. The Morgan fingerprint density at radius 2 is 0.365 bits per heavy atom. The van der Waals surface area contributed by atoms with Crippen molar-refractivity contribution in [1.29, 1.82) is 0 Å². The van der Waals surface area contributed by atoms with Gasteiger partial charge in [-0.3, -0.25) is 0 Å². The monoisotopic (exact) mass is 1000 g/mol. The molecule has 0 radical (unpaired) electrons. The summed E-state index contributed by atoms with van der Waals surface area (Å²) in [6.07, 6.45) is 5.01. The van der Waals surface area contributed by atoms with E-state index in [9.17, 15) is 11.1 Å². The van der Waals surface area contributed by atoms with Gasteiger partial charge < -0.3 is 0 Å². The molecule has 0 saturated carbocycles. The zero-order valence-corrected chi connectivity index (χ0v) is 48.0. The van der Waals surface area contributed by atoms with Crippen molar-refractivity contribution in [3.63, 3.8) is 0 Å². The molecule has 9 aromatic rings. The van der Waals surface area contributed by atoms with Crippen molar-refractivity contribution in [3.8, 4) is 0 Å². The Hall–Kier alpha value is -6.51. The average Bonchev–Trinajstić information content (AvgIpc) is 3.36. The Labute approximate surface area is 450 Å². The molecule has 0 heterocycles. The second-order valence-electron chi connectivity index (χ2n) is 22.1. The summed E-state index contributed by atoms with van der Waals surface area (Å²) in [4.78, 5) is 0. The van der Waals surface area contributed by atoms with Crippen molar-refractivity contribution in [3.05, 3.63) is 297 Å². The van der Waals surface area contributed by atoms with Crippen molar-refractivity contribution < 1.29 is 0 Å². The molecule has 0 saturated heterocycles. The summed E-state index contributed by atoms with van der Waals surface area (Å²) < 4.78 is 0. The molecule has 0 amide bonds. The Balaban J connectivity index is 1.37. The number of hydrogen-bond acceptors (Lipinski definition) is 0. The lowest BCUT2D eigenvalue weighted by molar-refractivity contribution is 1.08. The highest BCUT2D eigenvalue weighted by atomic mass is 35.6. The Morgan fingerprint density at radius 3 is 0.500 bits per heavy atom. The molecule has 0 aliphatic carbocycles. The third-order valence-electron chi connectivity index (χ3n) is 16.5. The van der Waals surface area contributed by atoms with Crippen LogP contribution in [0.1, 0.15) is 134 Å². The highest BCUT2D eigenvalue weighted by Crippen LogP contribution is 2.29. The molecule has 0 atom stereocenters. The summed E-state index contributed by atoms with van der Waals surface area (Å²) in [5.74, 6) is 0. The van der Waals surface area contributed by atoms with E-state index in [0.717, 1.165) is 38.5 Å².